The van der Waals surface area contributed by atoms with Gasteiger partial charge in [0.2, 0.25) is 0 Å². The van der Waals surface area contributed by atoms with Crippen molar-refractivity contribution in [3.05, 3.63) is 0 Å². The van der Waals surface area contributed by atoms with Crippen LogP contribution >= 0.6 is 22.9 Å². The van der Waals surface area contributed by atoms with Crippen molar-refractivity contribution >= 4 is 28.7 Å². The fraction of sp³-hybridized carbons (Fsp3) is 0.750. The summed E-state index contributed by atoms with van der Waals surface area (Å²) in [6, 6.07) is 0. The Hall–Kier alpha value is 0.0600. The van der Waals surface area contributed by atoms with Crippen molar-refractivity contribution in [2.24, 2.45) is 4.99 Å². The van der Waals surface area contributed by atoms with Gasteiger partial charge >= 0.3 is 0 Å². The molecule has 0 bridgehead atoms. The van der Waals surface area contributed by atoms with Gasteiger partial charge in [-0.15, -0.1) is 0 Å². The van der Waals surface area contributed by atoms with Crippen molar-refractivity contribution < 1.29 is 8.78 Å². The first-order valence-corrected chi connectivity index (χ1v) is 3.40. The average molecular weight is 248 g/mol. The summed E-state index contributed by atoms with van der Waals surface area (Å²) in [5.41, 5.74) is 0. The molecular formula is C4H7F2IN2. The number of aliphatic imine (C=N–C) groups is 1. The maximum absolute atomic E-state index is 11.4. The molecular weight excluding hydrogens is 241 g/mol. The molecule has 2 nitrogen and oxygen atoms in total. The number of alkyl halides is 2. The van der Waals surface area contributed by atoms with Gasteiger partial charge in [0.15, 0.2) is 0 Å². The largest absolute Gasteiger partial charge is 0.317 e. The molecule has 0 aromatic rings. The molecule has 54 valence electrons. The summed E-state index contributed by atoms with van der Waals surface area (Å²) in [4.78, 5) is 3.49. The molecule has 5 heteroatoms. The van der Waals surface area contributed by atoms with Gasteiger partial charge in [-0.25, -0.2) is 8.78 Å². The molecule has 0 aliphatic heterocycles. The zero-order valence-electron chi connectivity index (χ0n) is 4.87. The Morgan fingerprint density at radius 1 is 1.78 bits per heavy atom. The highest BCUT2D eigenvalue weighted by molar-refractivity contribution is 14.1. The number of nitrogens with one attached hydrogen (secondary N) is 1. The molecule has 0 heterocycles. The van der Waals surface area contributed by atoms with E-state index in [0.717, 1.165) is 0 Å². The lowest BCUT2D eigenvalue weighted by Crippen LogP contribution is -2.09. The highest BCUT2D eigenvalue weighted by atomic mass is 127. The van der Waals surface area contributed by atoms with Crippen LogP contribution in [0.2, 0.25) is 0 Å². The summed E-state index contributed by atoms with van der Waals surface area (Å²) in [5, 5.41) is 0. The lowest BCUT2D eigenvalue weighted by atomic mass is 10.6. The Bertz CT molecular complexity index is 105. The van der Waals surface area contributed by atoms with Gasteiger partial charge in [-0.05, 0) is 6.92 Å². The Labute approximate surface area is 66.2 Å². The van der Waals surface area contributed by atoms with Gasteiger partial charge in [0.25, 0.3) is 6.43 Å². The van der Waals surface area contributed by atoms with Crippen LogP contribution in [0.3, 0.4) is 0 Å². The second-order valence-electron chi connectivity index (χ2n) is 1.41. The fourth-order valence-electron chi connectivity index (χ4n) is 0.236. The number of halogens is 3. The summed E-state index contributed by atoms with van der Waals surface area (Å²) < 4.78 is 25.4. The Morgan fingerprint density at radius 3 is 2.67 bits per heavy atom. The number of hydrogen-bond acceptors (Lipinski definition) is 1. The second-order valence-corrected chi connectivity index (χ2v) is 1.95. The normalized spacial score (nSPS) is 12.3. The first kappa shape index (κ1) is 9.06. The van der Waals surface area contributed by atoms with Gasteiger partial charge in [-0.3, -0.25) is 4.99 Å². The maximum Gasteiger partial charge on any atom is 0.257 e. The second kappa shape index (κ2) is 4.89. The van der Waals surface area contributed by atoms with Crippen molar-refractivity contribution in [1.29, 1.82) is 0 Å². The van der Waals surface area contributed by atoms with Crippen LogP contribution in [0.1, 0.15) is 6.92 Å². The zero-order valence-corrected chi connectivity index (χ0v) is 7.02. The summed E-state index contributed by atoms with van der Waals surface area (Å²) >= 11 is 1.83. The summed E-state index contributed by atoms with van der Waals surface area (Å²) in [7, 11) is 0. The molecule has 0 aliphatic rings. The van der Waals surface area contributed by atoms with Gasteiger partial charge in [-0.2, -0.15) is 0 Å². The van der Waals surface area contributed by atoms with Crippen LogP contribution in [0.15, 0.2) is 4.99 Å². The van der Waals surface area contributed by atoms with E-state index in [2.05, 4.69) is 8.52 Å². The van der Waals surface area contributed by atoms with Crippen molar-refractivity contribution in [3.8, 4) is 0 Å². The van der Waals surface area contributed by atoms with Crippen molar-refractivity contribution in [2.75, 3.05) is 6.54 Å². The van der Waals surface area contributed by atoms with E-state index in [1.807, 2.05) is 22.9 Å². The van der Waals surface area contributed by atoms with Gasteiger partial charge in [0, 0.05) is 0 Å². The summed E-state index contributed by atoms with van der Waals surface area (Å²) in [5.74, 6) is 0.524. The van der Waals surface area contributed by atoms with Gasteiger partial charge in [0.1, 0.15) is 12.4 Å². The molecule has 0 aromatic heterocycles. The Morgan fingerprint density at radius 2 is 2.33 bits per heavy atom. The van der Waals surface area contributed by atoms with Crippen LogP contribution in [0.4, 0.5) is 8.78 Å². The number of amidine groups is 1. The molecule has 0 fully saturated rings. The minimum Gasteiger partial charge on any atom is -0.317 e. The maximum atomic E-state index is 11.4. The standard InChI is InChI=1S/C4H7F2IN2/c1-3(9-7)8-2-4(5)6/h4H,2H2,1H3,(H,8,9). The summed E-state index contributed by atoms with van der Waals surface area (Å²) in [6.07, 6.45) is -2.34. The van der Waals surface area contributed by atoms with Gasteiger partial charge in [0.05, 0.1) is 22.9 Å². The van der Waals surface area contributed by atoms with Crippen LogP contribution in [-0.2, 0) is 0 Å². The van der Waals surface area contributed by atoms with Crippen molar-refractivity contribution in [3.63, 3.8) is 0 Å². The lowest BCUT2D eigenvalue weighted by molar-refractivity contribution is 0.158. The van der Waals surface area contributed by atoms with E-state index in [1.54, 1.807) is 6.92 Å². The van der Waals surface area contributed by atoms with Crippen LogP contribution in [-0.4, -0.2) is 18.8 Å². The van der Waals surface area contributed by atoms with E-state index in [9.17, 15) is 8.78 Å². The third-order valence-electron chi connectivity index (χ3n) is 0.603. The van der Waals surface area contributed by atoms with Crippen molar-refractivity contribution in [1.82, 2.24) is 3.53 Å². The molecule has 0 aromatic carbocycles. The minimum absolute atomic E-state index is 0.415. The molecule has 9 heavy (non-hydrogen) atoms. The smallest absolute Gasteiger partial charge is 0.257 e. The quantitative estimate of drug-likeness (QED) is 0.341. The molecule has 0 saturated carbocycles. The van der Waals surface area contributed by atoms with E-state index < -0.39 is 13.0 Å². The predicted molar refractivity (Wildman–Crippen MR) is 41.1 cm³/mol. The third kappa shape index (κ3) is 5.94. The number of nitrogens with zero attached hydrogens (tertiary/aromatic N) is 1. The SMILES string of the molecule is CC(=NCC(F)F)NI. The number of hydrogen-bond donors (Lipinski definition) is 1. The van der Waals surface area contributed by atoms with E-state index in [1.165, 1.54) is 0 Å². The predicted octanol–water partition coefficient (Wildman–Crippen LogP) is 1.61. The molecule has 0 amide bonds. The van der Waals surface area contributed by atoms with Crippen LogP contribution in [0, 0.1) is 0 Å². The Kier molecular flexibility index (Phi) is 4.93. The lowest BCUT2D eigenvalue weighted by Gasteiger charge is -1.95. The molecule has 0 unspecified atom stereocenters. The molecule has 0 radical (unpaired) electrons. The highest BCUT2D eigenvalue weighted by Crippen LogP contribution is 1.91. The first-order chi connectivity index (χ1) is 4.16. The average Bonchev–Trinajstić information content (AvgIpc) is 1.83. The molecule has 0 rings (SSSR count). The highest BCUT2D eigenvalue weighted by Gasteiger charge is 1.98. The zero-order chi connectivity index (χ0) is 7.28. The molecule has 0 spiro atoms. The topological polar surface area (TPSA) is 24.4 Å². The van der Waals surface area contributed by atoms with E-state index in [0.29, 0.717) is 5.84 Å². The van der Waals surface area contributed by atoms with E-state index in [-0.39, 0.29) is 0 Å². The van der Waals surface area contributed by atoms with Gasteiger partial charge < -0.3 is 3.53 Å². The minimum atomic E-state index is -2.34. The monoisotopic (exact) mass is 248 g/mol. The molecule has 1 N–H and O–H groups in total. The van der Waals surface area contributed by atoms with Crippen LogP contribution in [0.25, 0.3) is 0 Å². The van der Waals surface area contributed by atoms with Crippen LogP contribution < -0.4 is 3.53 Å². The Balaban J connectivity index is 3.43. The van der Waals surface area contributed by atoms with Gasteiger partial charge in [-0.1, -0.05) is 0 Å². The van der Waals surface area contributed by atoms with Crippen molar-refractivity contribution in [2.45, 2.75) is 13.3 Å². The molecule has 0 aliphatic carbocycles. The van der Waals surface area contributed by atoms with E-state index in [4.69, 9.17) is 0 Å². The van der Waals surface area contributed by atoms with E-state index >= 15 is 0 Å². The molecule has 0 saturated heterocycles. The molecule has 0 atom stereocenters. The fourth-order valence-corrected chi connectivity index (χ4v) is 0.406. The number of rotatable bonds is 2. The summed E-state index contributed by atoms with van der Waals surface area (Å²) in [6.45, 7) is 1.22. The van der Waals surface area contributed by atoms with Crippen LogP contribution in [0.5, 0.6) is 0 Å². The third-order valence-corrected chi connectivity index (χ3v) is 1.38. The first-order valence-electron chi connectivity index (χ1n) is 2.32.